The number of aromatic nitrogens is 3. The van der Waals surface area contributed by atoms with Gasteiger partial charge in [-0.2, -0.15) is 5.10 Å². The lowest BCUT2D eigenvalue weighted by Crippen LogP contribution is -2.25. The van der Waals surface area contributed by atoms with Crippen LogP contribution in [0.2, 0.25) is 0 Å². The average molecular weight is 474 g/mol. The number of halogens is 1. The van der Waals surface area contributed by atoms with Crippen LogP contribution in [0.1, 0.15) is 18.4 Å². The minimum absolute atomic E-state index is 0.0353. The summed E-state index contributed by atoms with van der Waals surface area (Å²) in [4.78, 5) is 28.0. The first-order chi connectivity index (χ1) is 13.1. The number of carbonyl (C=O) groups is 1. The molecule has 27 heavy (non-hydrogen) atoms. The molecular formula is C20H19IN4O2. The standard InChI is InChI=1S/C20H19IN4O2/c21-17-5-3-15(4-6-17)14-23-19(26)2-1-13-25-20(27)8-7-18(24-25)16-9-11-22-12-10-16/h3-12H,1-2,13-14H2,(H,23,26). The summed E-state index contributed by atoms with van der Waals surface area (Å²) in [6.45, 7) is 0.903. The Balaban J connectivity index is 1.51. The lowest BCUT2D eigenvalue weighted by atomic mass is 10.2. The first kappa shape index (κ1) is 19.2. The Labute approximate surface area is 170 Å². The van der Waals surface area contributed by atoms with E-state index in [2.05, 4.69) is 38.0 Å². The van der Waals surface area contributed by atoms with Crippen molar-refractivity contribution in [2.45, 2.75) is 25.9 Å². The molecule has 0 radical (unpaired) electrons. The van der Waals surface area contributed by atoms with Gasteiger partial charge in [0.1, 0.15) is 0 Å². The maximum Gasteiger partial charge on any atom is 0.266 e. The number of benzene rings is 1. The van der Waals surface area contributed by atoms with Crippen LogP contribution in [0.25, 0.3) is 11.3 Å². The Morgan fingerprint density at radius 3 is 2.52 bits per heavy atom. The van der Waals surface area contributed by atoms with E-state index in [1.54, 1.807) is 18.5 Å². The predicted molar refractivity (Wildman–Crippen MR) is 112 cm³/mol. The zero-order valence-corrected chi connectivity index (χ0v) is 16.8. The number of aryl methyl sites for hydroxylation is 1. The minimum atomic E-state index is -0.174. The van der Waals surface area contributed by atoms with E-state index in [4.69, 9.17) is 0 Å². The highest BCUT2D eigenvalue weighted by atomic mass is 127. The molecule has 1 aromatic carbocycles. The Bertz CT molecular complexity index is 956. The molecule has 0 atom stereocenters. The molecule has 1 amide bonds. The summed E-state index contributed by atoms with van der Waals surface area (Å²) in [5, 5.41) is 7.29. The average Bonchev–Trinajstić information content (AvgIpc) is 2.69. The second-order valence-corrected chi connectivity index (χ2v) is 7.27. The van der Waals surface area contributed by atoms with Crippen LogP contribution in [0, 0.1) is 3.57 Å². The van der Waals surface area contributed by atoms with Crippen LogP contribution in [-0.2, 0) is 17.9 Å². The van der Waals surface area contributed by atoms with Gasteiger partial charge >= 0.3 is 0 Å². The van der Waals surface area contributed by atoms with E-state index < -0.39 is 0 Å². The molecule has 1 N–H and O–H groups in total. The van der Waals surface area contributed by atoms with Gasteiger partial charge < -0.3 is 5.32 Å². The lowest BCUT2D eigenvalue weighted by Gasteiger charge is -2.08. The van der Waals surface area contributed by atoms with Crippen molar-refractivity contribution in [3.8, 4) is 11.3 Å². The minimum Gasteiger partial charge on any atom is -0.352 e. The van der Waals surface area contributed by atoms with E-state index in [1.165, 1.54) is 10.7 Å². The fraction of sp³-hybridized carbons (Fsp3) is 0.200. The molecule has 7 heteroatoms. The van der Waals surface area contributed by atoms with Gasteiger partial charge in [-0.3, -0.25) is 14.6 Å². The number of nitrogens with one attached hydrogen (secondary N) is 1. The van der Waals surface area contributed by atoms with Crippen molar-refractivity contribution in [3.63, 3.8) is 0 Å². The van der Waals surface area contributed by atoms with Gasteiger partial charge in [-0.15, -0.1) is 0 Å². The summed E-state index contributed by atoms with van der Waals surface area (Å²) >= 11 is 2.25. The number of carbonyl (C=O) groups excluding carboxylic acids is 1. The van der Waals surface area contributed by atoms with Gasteiger partial charge in [-0.1, -0.05) is 12.1 Å². The predicted octanol–water partition coefficient (Wildman–Crippen LogP) is 3.01. The van der Waals surface area contributed by atoms with Crippen molar-refractivity contribution in [2.24, 2.45) is 0 Å². The Morgan fingerprint density at radius 2 is 1.78 bits per heavy atom. The third-order valence-electron chi connectivity index (χ3n) is 4.02. The highest BCUT2D eigenvalue weighted by molar-refractivity contribution is 14.1. The monoisotopic (exact) mass is 474 g/mol. The van der Waals surface area contributed by atoms with Crippen LogP contribution in [0.15, 0.2) is 65.7 Å². The van der Waals surface area contributed by atoms with E-state index in [0.717, 1.165) is 14.7 Å². The van der Waals surface area contributed by atoms with E-state index in [1.807, 2.05) is 36.4 Å². The summed E-state index contributed by atoms with van der Waals surface area (Å²) in [5.74, 6) is -0.0353. The van der Waals surface area contributed by atoms with Gasteiger partial charge in [0.15, 0.2) is 0 Å². The summed E-state index contributed by atoms with van der Waals surface area (Å²) in [6, 6.07) is 14.9. The summed E-state index contributed by atoms with van der Waals surface area (Å²) in [5.41, 5.74) is 2.49. The van der Waals surface area contributed by atoms with Crippen molar-refractivity contribution < 1.29 is 4.79 Å². The highest BCUT2D eigenvalue weighted by Gasteiger charge is 2.06. The van der Waals surface area contributed by atoms with Gasteiger partial charge in [0, 0.05) is 47.1 Å². The summed E-state index contributed by atoms with van der Waals surface area (Å²) in [7, 11) is 0. The Kier molecular flexibility index (Phi) is 6.69. The SMILES string of the molecule is O=C(CCCn1nc(-c2ccncc2)ccc1=O)NCc1ccc(I)cc1. The molecule has 0 aliphatic heterocycles. The number of rotatable bonds is 7. The van der Waals surface area contributed by atoms with E-state index in [9.17, 15) is 9.59 Å². The lowest BCUT2D eigenvalue weighted by molar-refractivity contribution is -0.121. The van der Waals surface area contributed by atoms with Gasteiger partial charge in [-0.05, 0) is 64.9 Å². The molecule has 0 fully saturated rings. The molecular weight excluding hydrogens is 455 g/mol. The first-order valence-electron chi connectivity index (χ1n) is 8.61. The second-order valence-electron chi connectivity index (χ2n) is 6.02. The molecule has 0 aliphatic carbocycles. The summed E-state index contributed by atoms with van der Waals surface area (Å²) in [6.07, 6.45) is 4.26. The van der Waals surface area contributed by atoms with Gasteiger partial charge in [-0.25, -0.2) is 4.68 Å². The van der Waals surface area contributed by atoms with Crippen molar-refractivity contribution in [3.05, 3.63) is 80.4 Å². The van der Waals surface area contributed by atoms with Gasteiger partial charge in [0.25, 0.3) is 5.56 Å². The third-order valence-corrected chi connectivity index (χ3v) is 4.74. The molecule has 0 unspecified atom stereocenters. The number of hydrogen-bond donors (Lipinski definition) is 1. The molecule has 3 aromatic rings. The molecule has 0 bridgehead atoms. The quantitative estimate of drug-likeness (QED) is 0.535. The van der Waals surface area contributed by atoms with Crippen molar-refractivity contribution in [2.75, 3.05) is 0 Å². The van der Waals surface area contributed by atoms with Crippen LogP contribution >= 0.6 is 22.6 Å². The zero-order valence-electron chi connectivity index (χ0n) is 14.6. The van der Waals surface area contributed by atoms with Crippen LogP contribution < -0.4 is 10.9 Å². The van der Waals surface area contributed by atoms with Crippen LogP contribution in [0.5, 0.6) is 0 Å². The number of amides is 1. The topological polar surface area (TPSA) is 76.9 Å². The molecule has 6 nitrogen and oxygen atoms in total. The fourth-order valence-electron chi connectivity index (χ4n) is 2.57. The van der Waals surface area contributed by atoms with Crippen molar-refractivity contribution in [1.82, 2.24) is 20.1 Å². The smallest absolute Gasteiger partial charge is 0.266 e. The number of pyridine rings is 1. The van der Waals surface area contributed by atoms with Crippen LogP contribution in [0.3, 0.4) is 0 Å². The molecule has 2 aromatic heterocycles. The molecule has 0 aliphatic rings. The second kappa shape index (κ2) is 9.40. The highest BCUT2D eigenvalue weighted by Crippen LogP contribution is 2.13. The first-order valence-corrected chi connectivity index (χ1v) is 9.69. The number of hydrogen-bond acceptors (Lipinski definition) is 4. The van der Waals surface area contributed by atoms with Crippen LogP contribution in [-0.4, -0.2) is 20.7 Å². The normalized spacial score (nSPS) is 10.6. The maximum atomic E-state index is 12.0. The molecule has 2 heterocycles. The number of nitrogens with zero attached hydrogens (tertiary/aromatic N) is 3. The Morgan fingerprint density at radius 1 is 1.04 bits per heavy atom. The Hall–Kier alpha value is -2.55. The maximum absolute atomic E-state index is 12.0. The van der Waals surface area contributed by atoms with Gasteiger partial charge in [0.05, 0.1) is 5.69 Å². The molecule has 0 saturated carbocycles. The van der Waals surface area contributed by atoms with E-state index >= 15 is 0 Å². The van der Waals surface area contributed by atoms with E-state index in [-0.39, 0.29) is 11.5 Å². The molecule has 0 saturated heterocycles. The molecule has 0 spiro atoms. The largest absolute Gasteiger partial charge is 0.352 e. The fourth-order valence-corrected chi connectivity index (χ4v) is 2.93. The molecule has 138 valence electrons. The molecule has 3 rings (SSSR count). The third kappa shape index (κ3) is 5.72. The van der Waals surface area contributed by atoms with Crippen molar-refractivity contribution >= 4 is 28.5 Å². The van der Waals surface area contributed by atoms with Crippen molar-refractivity contribution in [1.29, 1.82) is 0 Å². The van der Waals surface area contributed by atoms with E-state index in [0.29, 0.717) is 31.6 Å². The van der Waals surface area contributed by atoms with Crippen LogP contribution in [0.4, 0.5) is 0 Å². The zero-order chi connectivity index (χ0) is 19.1. The van der Waals surface area contributed by atoms with Gasteiger partial charge in [0.2, 0.25) is 5.91 Å². The summed E-state index contributed by atoms with van der Waals surface area (Å²) < 4.78 is 2.57.